The van der Waals surface area contributed by atoms with E-state index in [9.17, 15) is 19.2 Å². The molecule has 8 rings (SSSR count). The topological polar surface area (TPSA) is 111 Å². The van der Waals surface area contributed by atoms with Crippen molar-refractivity contribution >= 4 is 35.1 Å². The van der Waals surface area contributed by atoms with E-state index in [-0.39, 0.29) is 29.2 Å². The van der Waals surface area contributed by atoms with E-state index in [0.29, 0.717) is 22.9 Å². The number of nitrogens with one attached hydrogen (secondary N) is 1. The van der Waals surface area contributed by atoms with Gasteiger partial charge in [-0.05, 0) is 52.6 Å². The predicted molar refractivity (Wildman–Crippen MR) is 161 cm³/mol. The summed E-state index contributed by atoms with van der Waals surface area (Å²) in [6.07, 6.45) is 0. The average molecular weight is 589 g/mol. The lowest BCUT2D eigenvalue weighted by Gasteiger charge is -2.45. The number of carbonyl (C=O) groups excluding carboxylic acids is 4. The minimum atomic E-state index is -0.764. The smallest absolute Gasteiger partial charge is 0.338 e. The fraction of sp³-hybridized carbons (Fsp3) is 0.200. The van der Waals surface area contributed by atoms with Gasteiger partial charge in [-0.2, -0.15) is 0 Å². The van der Waals surface area contributed by atoms with Crippen LogP contribution in [0.3, 0.4) is 0 Å². The quantitative estimate of drug-likeness (QED) is 0.242. The number of hydrogen-bond acceptors (Lipinski definition) is 7. The Hall–Kier alpha value is -5.44. The lowest BCUT2D eigenvalue weighted by Crippen LogP contribution is -2.41. The highest BCUT2D eigenvalue weighted by atomic mass is 16.5. The third-order valence-corrected chi connectivity index (χ3v) is 8.81. The van der Waals surface area contributed by atoms with Crippen LogP contribution in [-0.4, -0.2) is 44.5 Å². The minimum Gasteiger partial charge on any atom is -0.497 e. The number of anilines is 2. The summed E-state index contributed by atoms with van der Waals surface area (Å²) < 4.78 is 15.7. The number of methoxy groups -OCH3 is 2. The highest BCUT2D eigenvalue weighted by molar-refractivity contribution is 6.23. The maximum Gasteiger partial charge on any atom is 0.338 e. The van der Waals surface area contributed by atoms with E-state index in [4.69, 9.17) is 14.2 Å². The molecule has 1 N–H and O–H groups in total. The van der Waals surface area contributed by atoms with E-state index in [2.05, 4.69) is 29.6 Å². The van der Waals surface area contributed by atoms with Gasteiger partial charge in [0.25, 0.3) is 5.91 Å². The molecular formula is C35H28N2O7. The number of imide groups is 1. The Bertz CT molecular complexity index is 1740. The average Bonchev–Trinajstić information content (AvgIpc) is 3.33. The maximum absolute atomic E-state index is 14.0. The second-order valence-electron chi connectivity index (χ2n) is 11.0. The molecular weight excluding hydrogens is 560 g/mol. The van der Waals surface area contributed by atoms with Crippen LogP contribution in [-0.2, 0) is 19.1 Å². The van der Waals surface area contributed by atoms with E-state index in [1.807, 2.05) is 24.3 Å². The number of hydrogen-bond donors (Lipinski definition) is 1. The van der Waals surface area contributed by atoms with Crippen molar-refractivity contribution in [3.05, 3.63) is 119 Å². The Balaban J connectivity index is 1.10. The SMILES string of the molecule is COc1ccc(NC(=O)COC(=O)c2cccc(N3C(=O)[C@H]4C5c6ccccc6C(c6ccccc65)[C@@H]4C3=O)c2)c(OC)c1. The van der Waals surface area contributed by atoms with E-state index >= 15 is 0 Å². The Labute approximate surface area is 253 Å². The number of nitrogens with zero attached hydrogens (tertiary/aromatic N) is 1. The molecule has 2 atom stereocenters. The standard InChI is InChI=1S/C35H28N2O7/c1-42-21-14-15-26(27(17-21)43-2)36-28(38)18-44-35(41)19-8-7-9-20(16-19)37-33(39)31-29-22-10-3-4-11-23(22)30(32(31)34(37)40)25-13-6-5-12-24(25)29/h3-17,29-32H,18H2,1-2H3,(H,36,38)/t29?,30?,31-,32-/m0/s1. The summed E-state index contributed by atoms with van der Waals surface area (Å²) >= 11 is 0. The molecule has 0 unspecified atom stereocenters. The summed E-state index contributed by atoms with van der Waals surface area (Å²) in [6, 6.07) is 27.2. The number of esters is 1. The van der Waals surface area contributed by atoms with Crippen molar-refractivity contribution in [1.29, 1.82) is 0 Å². The van der Waals surface area contributed by atoms with Gasteiger partial charge in [0.15, 0.2) is 6.61 Å². The van der Waals surface area contributed by atoms with Gasteiger partial charge in [-0.15, -0.1) is 0 Å². The van der Waals surface area contributed by atoms with E-state index in [1.54, 1.807) is 30.3 Å². The van der Waals surface area contributed by atoms with Gasteiger partial charge in [-0.1, -0.05) is 54.6 Å². The Kier molecular flexibility index (Phi) is 6.65. The molecule has 0 spiro atoms. The van der Waals surface area contributed by atoms with Crippen molar-refractivity contribution in [2.75, 3.05) is 31.0 Å². The molecule has 9 nitrogen and oxygen atoms in total. The van der Waals surface area contributed by atoms with Crippen molar-refractivity contribution in [2.24, 2.45) is 11.8 Å². The van der Waals surface area contributed by atoms with Crippen LogP contribution in [0.25, 0.3) is 0 Å². The second-order valence-corrected chi connectivity index (χ2v) is 11.0. The van der Waals surface area contributed by atoms with Crippen LogP contribution in [0, 0.1) is 11.8 Å². The molecule has 1 aliphatic heterocycles. The molecule has 2 bridgehead atoms. The Morgan fingerprint density at radius 2 is 1.32 bits per heavy atom. The van der Waals surface area contributed by atoms with Crippen LogP contribution in [0.2, 0.25) is 0 Å². The normalized spacial score (nSPS) is 20.8. The van der Waals surface area contributed by atoms with Gasteiger partial charge in [0.2, 0.25) is 11.8 Å². The molecule has 4 aliphatic rings. The van der Waals surface area contributed by atoms with Gasteiger partial charge < -0.3 is 19.5 Å². The largest absolute Gasteiger partial charge is 0.497 e. The first kappa shape index (κ1) is 27.4. The van der Waals surface area contributed by atoms with Crippen molar-refractivity contribution in [2.45, 2.75) is 11.8 Å². The molecule has 4 aromatic rings. The molecule has 4 aromatic carbocycles. The molecule has 9 heteroatoms. The van der Waals surface area contributed by atoms with Crippen molar-refractivity contribution in [3.63, 3.8) is 0 Å². The summed E-state index contributed by atoms with van der Waals surface area (Å²) in [5, 5.41) is 2.65. The molecule has 1 fully saturated rings. The number of benzene rings is 4. The Morgan fingerprint density at radius 3 is 1.86 bits per heavy atom. The lowest BCUT2D eigenvalue weighted by molar-refractivity contribution is -0.122. The monoisotopic (exact) mass is 588 g/mol. The Morgan fingerprint density at radius 1 is 0.727 bits per heavy atom. The fourth-order valence-electron chi connectivity index (χ4n) is 7.01. The lowest BCUT2D eigenvalue weighted by atomic mass is 9.55. The van der Waals surface area contributed by atoms with E-state index < -0.39 is 30.3 Å². The van der Waals surface area contributed by atoms with Gasteiger partial charge in [0, 0.05) is 17.9 Å². The van der Waals surface area contributed by atoms with Gasteiger partial charge in [0.05, 0.1) is 43.0 Å². The van der Waals surface area contributed by atoms with Crippen LogP contribution >= 0.6 is 0 Å². The summed E-state index contributed by atoms with van der Waals surface area (Å²) in [6.45, 7) is -0.552. The molecule has 1 heterocycles. The molecule has 0 saturated carbocycles. The molecule has 0 aromatic heterocycles. The summed E-state index contributed by atoms with van der Waals surface area (Å²) in [5.74, 6) is -2.47. The van der Waals surface area contributed by atoms with Gasteiger partial charge in [-0.3, -0.25) is 14.4 Å². The zero-order valence-electron chi connectivity index (χ0n) is 24.0. The molecule has 0 radical (unpaired) electrons. The summed E-state index contributed by atoms with van der Waals surface area (Å²) in [4.78, 5) is 54.8. The summed E-state index contributed by atoms with van der Waals surface area (Å²) in [5.41, 5.74) is 5.14. The number of amides is 3. The van der Waals surface area contributed by atoms with Crippen LogP contribution in [0.4, 0.5) is 11.4 Å². The number of carbonyl (C=O) groups is 4. The van der Waals surface area contributed by atoms with Crippen LogP contribution in [0.15, 0.2) is 91.0 Å². The zero-order chi connectivity index (χ0) is 30.5. The van der Waals surface area contributed by atoms with E-state index in [1.165, 1.54) is 31.3 Å². The third kappa shape index (κ3) is 4.23. The van der Waals surface area contributed by atoms with Crippen molar-refractivity contribution in [3.8, 4) is 11.5 Å². The molecule has 220 valence electrons. The number of ether oxygens (including phenoxy) is 3. The van der Waals surface area contributed by atoms with Crippen LogP contribution in [0.1, 0.15) is 44.4 Å². The van der Waals surface area contributed by atoms with Crippen molar-refractivity contribution in [1.82, 2.24) is 0 Å². The third-order valence-electron chi connectivity index (χ3n) is 8.81. The first-order valence-corrected chi connectivity index (χ1v) is 14.3. The van der Waals surface area contributed by atoms with Crippen LogP contribution < -0.4 is 19.7 Å². The van der Waals surface area contributed by atoms with Gasteiger partial charge in [-0.25, -0.2) is 9.69 Å². The van der Waals surface area contributed by atoms with E-state index in [0.717, 1.165) is 22.3 Å². The first-order valence-electron chi connectivity index (χ1n) is 14.3. The molecule has 1 saturated heterocycles. The molecule has 3 aliphatic carbocycles. The fourth-order valence-corrected chi connectivity index (χ4v) is 7.01. The summed E-state index contributed by atoms with van der Waals surface area (Å²) in [7, 11) is 2.98. The molecule has 3 amide bonds. The van der Waals surface area contributed by atoms with Gasteiger partial charge in [0.1, 0.15) is 11.5 Å². The second kappa shape index (κ2) is 10.7. The maximum atomic E-state index is 14.0. The van der Waals surface area contributed by atoms with Crippen molar-refractivity contribution < 1.29 is 33.4 Å². The van der Waals surface area contributed by atoms with Gasteiger partial charge >= 0.3 is 5.97 Å². The van der Waals surface area contributed by atoms with Crippen LogP contribution in [0.5, 0.6) is 11.5 Å². The zero-order valence-corrected chi connectivity index (χ0v) is 24.0. The first-order chi connectivity index (χ1) is 21.4. The number of rotatable bonds is 7. The predicted octanol–water partition coefficient (Wildman–Crippen LogP) is 4.90. The molecule has 44 heavy (non-hydrogen) atoms. The highest BCUT2D eigenvalue weighted by Crippen LogP contribution is 2.61. The highest BCUT2D eigenvalue weighted by Gasteiger charge is 2.61. The minimum absolute atomic E-state index is 0.113.